The number of aryl methyl sites for hydroxylation is 1. The van der Waals surface area contributed by atoms with Crippen molar-refractivity contribution < 1.29 is 9.72 Å². The van der Waals surface area contributed by atoms with Crippen molar-refractivity contribution in [3.05, 3.63) is 64.0 Å². The Labute approximate surface area is 155 Å². The Morgan fingerprint density at radius 3 is 2.59 bits per heavy atom. The maximum atomic E-state index is 12.8. The smallest absolute Gasteiger partial charge is 0.290 e. The predicted molar refractivity (Wildman–Crippen MR) is 102 cm³/mol. The van der Waals surface area contributed by atoms with Gasteiger partial charge in [0, 0.05) is 42.6 Å². The van der Waals surface area contributed by atoms with Crippen molar-refractivity contribution in [3.63, 3.8) is 0 Å². The summed E-state index contributed by atoms with van der Waals surface area (Å²) in [6.45, 7) is 4.13. The van der Waals surface area contributed by atoms with Gasteiger partial charge in [-0.3, -0.25) is 14.9 Å². The van der Waals surface area contributed by atoms with Gasteiger partial charge in [0.05, 0.1) is 4.92 Å². The summed E-state index contributed by atoms with van der Waals surface area (Å²) in [5.74, 6) is 0.689. The van der Waals surface area contributed by atoms with Gasteiger partial charge < -0.3 is 14.8 Å². The van der Waals surface area contributed by atoms with Crippen LogP contribution in [0.3, 0.4) is 0 Å². The molecule has 1 amide bonds. The Morgan fingerprint density at radius 1 is 1.19 bits per heavy atom. The van der Waals surface area contributed by atoms with Gasteiger partial charge >= 0.3 is 0 Å². The number of amides is 1. The van der Waals surface area contributed by atoms with Crippen LogP contribution in [-0.4, -0.2) is 51.9 Å². The van der Waals surface area contributed by atoms with Gasteiger partial charge in [0.1, 0.15) is 17.7 Å². The molecule has 0 aliphatic carbocycles. The average molecular weight is 365 g/mol. The molecule has 8 heteroatoms. The van der Waals surface area contributed by atoms with E-state index in [2.05, 4.69) is 9.97 Å². The molecule has 0 spiro atoms. The van der Waals surface area contributed by atoms with Gasteiger partial charge in [-0.05, 0) is 25.1 Å². The van der Waals surface area contributed by atoms with E-state index in [1.54, 1.807) is 13.0 Å². The van der Waals surface area contributed by atoms with Gasteiger partial charge in [0.25, 0.3) is 11.6 Å². The topological polar surface area (TPSA) is 95.4 Å². The fraction of sp³-hybridized carbons (Fsp3) is 0.263. The molecule has 1 aromatic carbocycles. The van der Waals surface area contributed by atoms with Crippen molar-refractivity contribution in [2.45, 2.75) is 6.92 Å². The largest absolute Gasteiger partial charge is 0.353 e. The molecular weight excluding hydrogens is 346 g/mol. The first-order valence-electron chi connectivity index (χ1n) is 8.76. The van der Waals surface area contributed by atoms with E-state index in [-0.39, 0.29) is 11.6 Å². The molecule has 1 aliphatic heterocycles. The van der Waals surface area contributed by atoms with E-state index in [4.69, 9.17) is 0 Å². The highest BCUT2D eigenvalue weighted by Gasteiger charge is 2.24. The van der Waals surface area contributed by atoms with Crippen molar-refractivity contribution in [2.75, 3.05) is 31.1 Å². The SMILES string of the molecule is Cc1cc(N2CCN(C(=O)c3cc4ccccc4[nH]3)CC2)ncc1[N+](=O)[O-]. The van der Waals surface area contributed by atoms with Crippen LogP contribution >= 0.6 is 0 Å². The number of pyridine rings is 1. The summed E-state index contributed by atoms with van der Waals surface area (Å²) in [4.78, 5) is 34.5. The zero-order chi connectivity index (χ0) is 19.0. The molecule has 1 aliphatic rings. The maximum absolute atomic E-state index is 12.8. The quantitative estimate of drug-likeness (QED) is 0.569. The van der Waals surface area contributed by atoms with Gasteiger partial charge in [-0.2, -0.15) is 0 Å². The number of anilines is 1. The second kappa shape index (κ2) is 6.71. The van der Waals surface area contributed by atoms with E-state index in [0.29, 0.717) is 43.3 Å². The van der Waals surface area contributed by atoms with E-state index in [0.717, 1.165) is 10.9 Å². The third-order valence-corrected chi connectivity index (χ3v) is 4.92. The molecule has 27 heavy (non-hydrogen) atoms. The molecule has 0 saturated carbocycles. The summed E-state index contributed by atoms with van der Waals surface area (Å²) >= 11 is 0. The lowest BCUT2D eigenvalue weighted by atomic mass is 10.2. The summed E-state index contributed by atoms with van der Waals surface area (Å²) < 4.78 is 0. The summed E-state index contributed by atoms with van der Waals surface area (Å²) in [5.41, 5.74) is 2.15. The minimum atomic E-state index is -0.428. The monoisotopic (exact) mass is 365 g/mol. The van der Waals surface area contributed by atoms with E-state index < -0.39 is 4.92 Å². The summed E-state index contributed by atoms with van der Waals surface area (Å²) in [6.07, 6.45) is 1.30. The number of aromatic nitrogens is 2. The number of hydrogen-bond donors (Lipinski definition) is 1. The van der Waals surface area contributed by atoms with Gasteiger partial charge in [-0.15, -0.1) is 0 Å². The number of nitrogens with one attached hydrogen (secondary N) is 1. The van der Waals surface area contributed by atoms with Crippen LogP contribution in [0.5, 0.6) is 0 Å². The first-order valence-corrected chi connectivity index (χ1v) is 8.76. The number of nitrogens with zero attached hydrogens (tertiary/aromatic N) is 4. The molecule has 3 heterocycles. The number of hydrogen-bond acceptors (Lipinski definition) is 5. The molecule has 8 nitrogen and oxygen atoms in total. The molecule has 0 bridgehead atoms. The van der Waals surface area contributed by atoms with Crippen molar-refractivity contribution in [3.8, 4) is 0 Å². The first kappa shape index (κ1) is 17.0. The van der Waals surface area contributed by atoms with Crippen LogP contribution in [0.4, 0.5) is 11.5 Å². The number of rotatable bonds is 3. The van der Waals surface area contributed by atoms with E-state index >= 15 is 0 Å². The normalized spacial score (nSPS) is 14.6. The second-order valence-corrected chi connectivity index (χ2v) is 6.64. The van der Waals surface area contributed by atoms with Crippen LogP contribution in [-0.2, 0) is 0 Å². The van der Waals surface area contributed by atoms with Crippen LogP contribution in [0, 0.1) is 17.0 Å². The standard InChI is InChI=1S/C19H19N5O3/c1-13-10-18(20-12-17(13)24(26)27)22-6-8-23(9-7-22)19(25)16-11-14-4-2-3-5-15(14)21-16/h2-5,10-12,21H,6-9H2,1H3. The Hall–Kier alpha value is -3.42. The van der Waals surface area contributed by atoms with Crippen molar-refractivity contribution >= 4 is 28.3 Å². The van der Waals surface area contributed by atoms with E-state index in [1.807, 2.05) is 40.1 Å². The number of piperazine rings is 1. The predicted octanol–water partition coefficient (Wildman–Crippen LogP) is 2.74. The third kappa shape index (κ3) is 3.21. The van der Waals surface area contributed by atoms with Crippen LogP contribution < -0.4 is 4.90 Å². The maximum Gasteiger partial charge on any atom is 0.290 e. The average Bonchev–Trinajstić information content (AvgIpc) is 3.11. The van der Waals surface area contributed by atoms with Crippen molar-refractivity contribution in [1.29, 1.82) is 0 Å². The molecule has 0 radical (unpaired) electrons. The molecule has 0 atom stereocenters. The van der Waals surface area contributed by atoms with Crippen LogP contribution in [0.15, 0.2) is 42.6 Å². The number of benzene rings is 1. The number of para-hydroxylation sites is 1. The molecule has 1 fully saturated rings. The highest BCUT2D eigenvalue weighted by Crippen LogP contribution is 2.23. The van der Waals surface area contributed by atoms with E-state index in [1.165, 1.54) is 6.20 Å². The van der Waals surface area contributed by atoms with Crippen LogP contribution in [0.1, 0.15) is 16.1 Å². The highest BCUT2D eigenvalue weighted by molar-refractivity contribution is 5.98. The molecule has 0 unspecified atom stereocenters. The lowest BCUT2D eigenvalue weighted by Gasteiger charge is -2.35. The van der Waals surface area contributed by atoms with Gasteiger partial charge in [-0.1, -0.05) is 18.2 Å². The zero-order valence-corrected chi connectivity index (χ0v) is 14.9. The van der Waals surface area contributed by atoms with Gasteiger partial charge in [0.15, 0.2) is 0 Å². The lowest BCUT2D eigenvalue weighted by molar-refractivity contribution is -0.385. The fourth-order valence-corrected chi connectivity index (χ4v) is 3.40. The molecule has 3 aromatic rings. The minimum absolute atomic E-state index is 0.0151. The lowest BCUT2D eigenvalue weighted by Crippen LogP contribution is -2.49. The molecular formula is C19H19N5O3. The molecule has 2 aromatic heterocycles. The second-order valence-electron chi connectivity index (χ2n) is 6.64. The van der Waals surface area contributed by atoms with Crippen LogP contribution in [0.25, 0.3) is 10.9 Å². The minimum Gasteiger partial charge on any atom is -0.353 e. The Morgan fingerprint density at radius 2 is 1.93 bits per heavy atom. The first-order chi connectivity index (χ1) is 13.0. The highest BCUT2D eigenvalue weighted by atomic mass is 16.6. The third-order valence-electron chi connectivity index (χ3n) is 4.92. The van der Waals surface area contributed by atoms with Crippen molar-refractivity contribution in [1.82, 2.24) is 14.9 Å². The fourth-order valence-electron chi connectivity index (χ4n) is 3.40. The van der Waals surface area contributed by atoms with Crippen molar-refractivity contribution in [2.24, 2.45) is 0 Å². The number of aromatic amines is 1. The Kier molecular flexibility index (Phi) is 4.23. The van der Waals surface area contributed by atoms with Gasteiger partial charge in [-0.25, -0.2) is 4.98 Å². The molecule has 4 rings (SSSR count). The summed E-state index contributed by atoms with van der Waals surface area (Å²) in [7, 11) is 0. The van der Waals surface area contributed by atoms with Gasteiger partial charge in [0.2, 0.25) is 0 Å². The summed E-state index contributed by atoms with van der Waals surface area (Å²) in [5, 5.41) is 12.0. The Balaban J connectivity index is 1.44. The molecule has 1 saturated heterocycles. The Bertz CT molecular complexity index is 988. The molecule has 1 N–H and O–H groups in total. The number of fused-ring (bicyclic) bond motifs is 1. The number of nitro groups is 1. The molecule has 138 valence electrons. The number of carbonyl (C=O) groups excluding carboxylic acids is 1. The summed E-state index contributed by atoms with van der Waals surface area (Å²) in [6, 6.07) is 11.4. The zero-order valence-electron chi connectivity index (χ0n) is 14.9. The number of H-pyrrole nitrogens is 1. The van der Waals surface area contributed by atoms with Crippen LogP contribution in [0.2, 0.25) is 0 Å². The number of carbonyl (C=O) groups is 1. The van der Waals surface area contributed by atoms with E-state index in [9.17, 15) is 14.9 Å².